The number of β-amino-alcohol motifs (C(OH)–C–C–N with tert-alkyl or cyclic N) is 1. The van der Waals surface area contributed by atoms with E-state index in [2.05, 4.69) is 27.3 Å². The van der Waals surface area contributed by atoms with Crippen LogP contribution in [0.2, 0.25) is 0 Å². The number of hydrogen-bond acceptors (Lipinski definition) is 5. The highest BCUT2D eigenvalue weighted by molar-refractivity contribution is 4.77. The summed E-state index contributed by atoms with van der Waals surface area (Å²) in [5, 5.41) is 21.2. The normalized spacial score (nSPS) is 20.6. The molecular formula is C11H21N5O. The summed E-state index contributed by atoms with van der Waals surface area (Å²) in [6.07, 6.45) is 2.07. The van der Waals surface area contributed by atoms with Gasteiger partial charge in [0.2, 0.25) is 0 Å². The van der Waals surface area contributed by atoms with Crippen LogP contribution in [0, 0.1) is 12.8 Å². The topological polar surface area (TPSA) is 67.1 Å². The zero-order valence-electron chi connectivity index (χ0n) is 10.6. The predicted octanol–water partition coefficient (Wildman–Crippen LogP) is 0.0743. The Kier molecular flexibility index (Phi) is 4.06. The number of nitrogens with zero attached hydrogens (tertiary/aromatic N) is 5. The van der Waals surface area contributed by atoms with Gasteiger partial charge in [-0.05, 0) is 49.2 Å². The molecule has 0 spiro atoms. The van der Waals surface area contributed by atoms with Crippen LogP contribution in [-0.2, 0) is 6.54 Å². The van der Waals surface area contributed by atoms with E-state index in [0.29, 0.717) is 13.1 Å². The van der Waals surface area contributed by atoms with Gasteiger partial charge in [-0.15, -0.1) is 5.10 Å². The zero-order chi connectivity index (χ0) is 12.3. The molecule has 2 rings (SSSR count). The number of tetrazole rings is 1. The molecule has 1 fully saturated rings. The van der Waals surface area contributed by atoms with E-state index in [1.807, 2.05) is 6.92 Å². The molecule has 0 saturated carbocycles. The SMILES string of the molecule is Cc1nnnn1C[C@H](O)CN1CCC(C)CC1. The fourth-order valence-electron chi connectivity index (χ4n) is 2.22. The van der Waals surface area contributed by atoms with Crippen molar-refractivity contribution >= 4 is 0 Å². The van der Waals surface area contributed by atoms with E-state index in [4.69, 9.17) is 0 Å². The summed E-state index contributed by atoms with van der Waals surface area (Å²) in [6.45, 7) is 7.50. The lowest BCUT2D eigenvalue weighted by Crippen LogP contribution is -2.39. The van der Waals surface area contributed by atoms with Gasteiger partial charge in [-0.2, -0.15) is 0 Å². The first-order valence-corrected chi connectivity index (χ1v) is 6.28. The summed E-state index contributed by atoms with van der Waals surface area (Å²) in [5.41, 5.74) is 0. The van der Waals surface area contributed by atoms with Crippen LogP contribution in [0.3, 0.4) is 0 Å². The van der Waals surface area contributed by atoms with Gasteiger partial charge in [0.25, 0.3) is 0 Å². The van der Waals surface area contributed by atoms with Crippen molar-refractivity contribution in [2.75, 3.05) is 19.6 Å². The third-order valence-electron chi connectivity index (χ3n) is 3.44. The van der Waals surface area contributed by atoms with Crippen molar-refractivity contribution in [3.8, 4) is 0 Å². The number of aliphatic hydroxyl groups excluding tert-OH is 1. The van der Waals surface area contributed by atoms with Crippen molar-refractivity contribution in [2.24, 2.45) is 5.92 Å². The highest BCUT2D eigenvalue weighted by Crippen LogP contribution is 2.16. The molecule has 1 aliphatic rings. The number of hydrogen-bond donors (Lipinski definition) is 1. The minimum atomic E-state index is -0.398. The summed E-state index contributed by atoms with van der Waals surface area (Å²) in [5.74, 6) is 1.57. The van der Waals surface area contributed by atoms with E-state index in [0.717, 1.165) is 24.8 Å². The molecule has 0 aromatic carbocycles. The first-order valence-electron chi connectivity index (χ1n) is 6.28. The van der Waals surface area contributed by atoms with Gasteiger partial charge < -0.3 is 10.0 Å². The van der Waals surface area contributed by atoms with Gasteiger partial charge in [0.05, 0.1) is 12.6 Å². The van der Waals surface area contributed by atoms with Crippen LogP contribution in [-0.4, -0.2) is 56.0 Å². The minimum absolute atomic E-state index is 0.398. The molecule has 2 heterocycles. The maximum atomic E-state index is 10.0. The molecular weight excluding hydrogens is 218 g/mol. The molecule has 0 amide bonds. The standard InChI is InChI=1S/C11H21N5O/c1-9-3-5-15(6-4-9)7-11(17)8-16-10(2)12-13-14-16/h9,11,17H,3-8H2,1-2H3/t11-/m1/s1. The molecule has 1 N–H and O–H groups in total. The Bertz CT molecular complexity index is 345. The Morgan fingerprint density at radius 3 is 2.65 bits per heavy atom. The summed E-state index contributed by atoms with van der Waals surface area (Å²) < 4.78 is 1.65. The van der Waals surface area contributed by atoms with E-state index in [1.165, 1.54) is 12.8 Å². The summed E-state index contributed by atoms with van der Waals surface area (Å²) in [6, 6.07) is 0. The second kappa shape index (κ2) is 5.55. The average molecular weight is 239 g/mol. The van der Waals surface area contributed by atoms with Crippen LogP contribution in [0.25, 0.3) is 0 Å². The molecule has 0 bridgehead atoms. The molecule has 1 aromatic rings. The highest BCUT2D eigenvalue weighted by atomic mass is 16.3. The average Bonchev–Trinajstić information content (AvgIpc) is 2.68. The van der Waals surface area contributed by atoms with E-state index in [1.54, 1.807) is 4.68 Å². The lowest BCUT2D eigenvalue weighted by Gasteiger charge is -2.31. The van der Waals surface area contributed by atoms with Crippen molar-refractivity contribution in [3.63, 3.8) is 0 Å². The Morgan fingerprint density at radius 1 is 1.35 bits per heavy atom. The summed E-state index contributed by atoms with van der Waals surface area (Å²) in [7, 11) is 0. The highest BCUT2D eigenvalue weighted by Gasteiger charge is 2.19. The van der Waals surface area contributed by atoms with Crippen LogP contribution in [0.5, 0.6) is 0 Å². The van der Waals surface area contributed by atoms with Crippen molar-refractivity contribution in [3.05, 3.63) is 5.82 Å². The second-order valence-electron chi connectivity index (χ2n) is 5.05. The smallest absolute Gasteiger partial charge is 0.148 e. The zero-order valence-corrected chi connectivity index (χ0v) is 10.6. The molecule has 96 valence electrons. The molecule has 0 unspecified atom stereocenters. The van der Waals surface area contributed by atoms with Gasteiger partial charge in [-0.1, -0.05) is 6.92 Å². The first-order chi connectivity index (χ1) is 8.15. The van der Waals surface area contributed by atoms with Crippen molar-refractivity contribution in [2.45, 2.75) is 39.3 Å². The third-order valence-corrected chi connectivity index (χ3v) is 3.44. The van der Waals surface area contributed by atoms with E-state index < -0.39 is 6.10 Å². The fourth-order valence-corrected chi connectivity index (χ4v) is 2.22. The summed E-state index contributed by atoms with van der Waals surface area (Å²) in [4.78, 5) is 2.32. The van der Waals surface area contributed by atoms with Gasteiger partial charge in [0.1, 0.15) is 5.82 Å². The predicted molar refractivity (Wildman–Crippen MR) is 63.4 cm³/mol. The maximum absolute atomic E-state index is 10.0. The maximum Gasteiger partial charge on any atom is 0.148 e. The molecule has 1 saturated heterocycles. The molecule has 6 nitrogen and oxygen atoms in total. The Hall–Kier alpha value is -1.01. The molecule has 6 heteroatoms. The Balaban J connectivity index is 1.77. The lowest BCUT2D eigenvalue weighted by molar-refractivity contribution is 0.0768. The first kappa shape index (κ1) is 12.4. The van der Waals surface area contributed by atoms with Gasteiger partial charge in [0.15, 0.2) is 0 Å². The van der Waals surface area contributed by atoms with Crippen LogP contribution in [0.4, 0.5) is 0 Å². The van der Waals surface area contributed by atoms with E-state index in [9.17, 15) is 5.11 Å². The van der Waals surface area contributed by atoms with Gasteiger partial charge >= 0.3 is 0 Å². The van der Waals surface area contributed by atoms with E-state index in [-0.39, 0.29) is 0 Å². The number of aliphatic hydroxyl groups is 1. The number of piperidine rings is 1. The largest absolute Gasteiger partial charge is 0.390 e. The van der Waals surface area contributed by atoms with Crippen molar-refractivity contribution in [1.29, 1.82) is 0 Å². The third kappa shape index (κ3) is 3.47. The number of aromatic nitrogens is 4. The Morgan fingerprint density at radius 2 is 2.06 bits per heavy atom. The summed E-state index contributed by atoms with van der Waals surface area (Å²) >= 11 is 0. The van der Waals surface area contributed by atoms with Crippen molar-refractivity contribution in [1.82, 2.24) is 25.1 Å². The van der Waals surface area contributed by atoms with Crippen molar-refractivity contribution < 1.29 is 5.11 Å². The lowest BCUT2D eigenvalue weighted by atomic mass is 9.99. The van der Waals surface area contributed by atoms with E-state index >= 15 is 0 Å². The quantitative estimate of drug-likeness (QED) is 0.805. The monoisotopic (exact) mass is 239 g/mol. The van der Waals surface area contributed by atoms with Gasteiger partial charge in [-0.25, -0.2) is 4.68 Å². The van der Waals surface area contributed by atoms with Crippen LogP contribution in [0.15, 0.2) is 0 Å². The second-order valence-corrected chi connectivity index (χ2v) is 5.05. The van der Waals surface area contributed by atoms with Gasteiger partial charge in [-0.3, -0.25) is 0 Å². The molecule has 1 atom stereocenters. The molecule has 1 aromatic heterocycles. The Labute approximate surface area is 102 Å². The van der Waals surface area contributed by atoms with Crippen LogP contribution < -0.4 is 0 Å². The number of likely N-dealkylation sites (tertiary alicyclic amines) is 1. The molecule has 0 radical (unpaired) electrons. The molecule has 0 aliphatic carbocycles. The van der Waals surface area contributed by atoms with Gasteiger partial charge in [0, 0.05) is 6.54 Å². The molecule has 1 aliphatic heterocycles. The van der Waals surface area contributed by atoms with Crippen LogP contribution >= 0.6 is 0 Å². The fraction of sp³-hybridized carbons (Fsp3) is 0.909. The molecule has 17 heavy (non-hydrogen) atoms. The minimum Gasteiger partial charge on any atom is -0.390 e. The van der Waals surface area contributed by atoms with Crippen LogP contribution in [0.1, 0.15) is 25.6 Å². The number of aryl methyl sites for hydroxylation is 1. The number of rotatable bonds is 4.